The van der Waals surface area contributed by atoms with Crippen molar-refractivity contribution in [2.24, 2.45) is 5.92 Å². The number of carbonyl (C=O) groups is 1. The van der Waals surface area contributed by atoms with Gasteiger partial charge in [0.1, 0.15) is 11.5 Å². The standard InChI is InChI=1S/C25H23FN4O4/c26-20-7-4-16(5-8-20)12-27-25(32)18-6-9-22(23(11-18)30(33)34)28-13-17-10-19(15-28)21-2-1-3-24(31)29(21)14-17/h1-9,11,17,19H,10,12-15H2,(H,27,32)/t17-,19+/m1/s1. The van der Waals surface area contributed by atoms with Gasteiger partial charge in [0.25, 0.3) is 17.2 Å². The van der Waals surface area contributed by atoms with Crippen LogP contribution in [0.2, 0.25) is 0 Å². The Balaban J connectivity index is 1.37. The molecule has 8 nitrogen and oxygen atoms in total. The SMILES string of the molecule is O=C(NCc1ccc(F)cc1)c1ccc(N2C[C@H]3C[C@@H](C2)c2cccc(=O)n2C3)c([N+](=O)[O-])c1. The zero-order chi connectivity index (χ0) is 23.8. The van der Waals surface area contributed by atoms with Crippen LogP contribution in [0.25, 0.3) is 0 Å². The second-order valence-corrected chi connectivity index (χ2v) is 8.87. The van der Waals surface area contributed by atoms with Crippen LogP contribution in [0.15, 0.2) is 65.5 Å². The molecule has 2 bridgehead atoms. The summed E-state index contributed by atoms with van der Waals surface area (Å²) in [6, 6.07) is 15.6. The molecule has 2 aromatic carbocycles. The fraction of sp³-hybridized carbons (Fsp3) is 0.280. The number of anilines is 1. The lowest BCUT2D eigenvalue weighted by Crippen LogP contribution is -2.47. The number of amides is 1. The average Bonchev–Trinajstić information content (AvgIpc) is 2.83. The van der Waals surface area contributed by atoms with Crippen LogP contribution in [-0.4, -0.2) is 28.5 Å². The number of pyridine rings is 1. The van der Waals surface area contributed by atoms with Gasteiger partial charge in [-0.15, -0.1) is 0 Å². The monoisotopic (exact) mass is 462 g/mol. The van der Waals surface area contributed by atoms with E-state index in [2.05, 4.69) is 5.32 Å². The van der Waals surface area contributed by atoms with Crippen LogP contribution < -0.4 is 15.8 Å². The molecular formula is C25H23FN4O4. The molecule has 1 amide bonds. The number of rotatable bonds is 5. The van der Waals surface area contributed by atoms with Crippen molar-refractivity contribution in [1.82, 2.24) is 9.88 Å². The van der Waals surface area contributed by atoms with E-state index in [9.17, 15) is 24.1 Å². The average molecular weight is 462 g/mol. The summed E-state index contributed by atoms with van der Waals surface area (Å²) in [6.07, 6.45) is 0.942. The molecule has 1 N–H and O–H groups in total. The maximum absolute atomic E-state index is 13.1. The molecule has 0 aliphatic carbocycles. The molecule has 174 valence electrons. The molecule has 1 fully saturated rings. The Bertz CT molecular complexity index is 1320. The van der Waals surface area contributed by atoms with Crippen molar-refractivity contribution in [2.45, 2.75) is 25.4 Å². The van der Waals surface area contributed by atoms with Crippen molar-refractivity contribution >= 4 is 17.3 Å². The summed E-state index contributed by atoms with van der Waals surface area (Å²) in [5.74, 6) is -0.481. The normalized spacial score (nSPS) is 18.8. The number of piperidine rings is 1. The van der Waals surface area contributed by atoms with E-state index in [1.54, 1.807) is 36.4 Å². The summed E-state index contributed by atoms with van der Waals surface area (Å²) in [4.78, 5) is 38.3. The quantitative estimate of drug-likeness (QED) is 0.463. The van der Waals surface area contributed by atoms with Crippen LogP contribution in [0.4, 0.5) is 15.8 Å². The third-order valence-corrected chi connectivity index (χ3v) is 6.62. The first-order valence-electron chi connectivity index (χ1n) is 11.1. The number of hydrogen-bond acceptors (Lipinski definition) is 5. The van der Waals surface area contributed by atoms with Gasteiger partial charge < -0.3 is 14.8 Å². The summed E-state index contributed by atoms with van der Waals surface area (Å²) in [5.41, 5.74) is 2.21. The van der Waals surface area contributed by atoms with Gasteiger partial charge in [0, 0.05) is 55.5 Å². The molecule has 3 aromatic rings. The number of nitro benzene ring substituents is 1. The van der Waals surface area contributed by atoms with E-state index in [0.29, 0.717) is 25.3 Å². The number of halogens is 1. The van der Waals surface area contributed by atoms with Gasteiger partial charge in [-0.25, -0.2) is 4.39 Å². The predicted molar refractivity (Wildman–Crippen MR) is 124 cm³/mol. The van der Waals surface area contributed by atoms with Crippen LogP contribution in [0.1, 0.15) is 34.0 Å². The van der Waals surface area contributed by atoms with Gasteiger partial charge in [0.05, 0.1) is 4.92 Å². The lowest BCUT2D eigenvalue weighted by molar-refractivity contribution is -0.384. The Hall–Kier alpha value is -4.01. The van der Waals surface area contributed by atoms with E-state index >= 15 is 0 Å². The van der Waals surface area contributed by atoms with Crippen molar-refractivity contribution in [3.63, 3.8) is 0 Å². The summed E-state index contributed by atoms with van der Waals surface area (Å²) < 4.78 is 14.9. The summed E-state index contributed by atoms with van der Waals surface area (Å²) in [5, 5.41) is 14.6. The van der Waals surface area contributed by atoms with Gasteiger partial charge in [-0.3, -0.25) is 19.7 Å². The number of hydrogen-bond donors (Lipinski definition) is 1. The van der Waals surface area contributed by atoms with Crippen molar-refractivity contribution in [3.05, 3.63) is 104 Å². The molecule has 34 heavy (non-hydrogen) atoms. The molecule has 0 unspecified atom stereocenters. The molecule has 5 rings (SSSR count). The van der Waals surface area contributed by atoms with E-state index in [-0.39, 0.29) is 41.0 Å². The zero-order valence-corrected chi connectivity index (χ0v) is 18.3. The van der Waals surface area contributed by atoms with Gasteiger partial charge in [0.15, 0.2) is 0 Å². The fourth-order valence-electron chi connectivity index (χ4n) is 5.06. The first-order valence-corrected chi connectivity index (χ1v) is 11.1. The lowest BCUT2D eigenvalue weighted by atomic mass is 9.83. The van der Waals surface area contributed by atoms with E-state index in [4.69, 9.17) is 0 Å². The minimum atomic E-state index is -0.463. The molecule has 0 spiro atoms. The lowest BCUT2D eigenvalue weighted by Gasteiger charge is -2.43. The van der Waals surface area contributed by atoms with Gasteiger partial charge in [-0.1, -0.05) is 18.2 Å². The summed E-state index contributed by atoms with van der Waals surface area (Å²) >= 11 is 0. The molecule has 0 saturated carbocycles. The molecule has 1 saturated heterocycles. The molecular weight excluding hydrogens is 439 g/mol. The van der Waals surface area contributed by atoms with Crippen LogP contribution in [0.3, 0.4) is 0 Å². The van der Waals surface area contributed by atoms with Crippen molar-refractivity contribution in [2.75, 3.05) is 18.0 Å². The number of benzene rings is 2. The van der Waals surface area contributed by atoms with Crippen LogP contribution in [0.5, 0.6) is 0 Å². The fourth-order valence-corrected chi connectivity index (χ4v) is 5.06. The number of aromatic nitrogens is 1. The van der Waals surface area contributed by atoms with Gasteiger partial charge in [-0.2, -0.15) is 0 Å². The maximum atomic E-state index is 13.1. The highest BCUT2D eigenvalue weighted by Gasteiger charge is 2.36. The topological polar surface area (TPSA) is 97.5 Å². The minimum Gasteiger partial charge on any atom is -0.365 e. The Morgan fingerprint density at radius 2 is 1.88 bits per heavy atom. The highest BCUT2D eigenvalue weighted by Crippen LogP contribution is 2.39. The molecule has 2 aliphatic heterocycles. The molecule has 3 heterocycles. The van der Waals surface area contributed by atoms with Crippen molar-refractivity contribution < 1.29 is 14.1 Å². The first-order chi connectivity index (χ1) is 16.4. The zero-order valence-electron chi connectivity index (χ0n) is 18.3. The van der Waals surface area contributed by atoms with Crippen LogP contribution >= 0.6 is 0 Å². The maximum Gasteiger partial charge on any atom is 0.293 e. The molecule has 9 heteroatoms. The molecule has 2 atom stereocenters. The van der Waals surface area contributed by atoms with Crippen molar-refractivity contribution in [3.8, 4) is 0 Å². The largest absolute Gasteiger partial charge is 0.365 e. The Morgan fingerprint density at radius 3 is 2.65 bits per heavy atom. The Kier molecular flexibility index (Phi) is 5.61. The van der Waals surface area contributed by atoms with E-state index in [0.717, 1.165) is 17.7 Å². The van der Waals surface area contributed by atoms with Crippen LogP contribution in [-0.2, 0) is 13.1 Å². The first kappa shape index (κ1) is 21.8. The smallest absolute Gasteiger partial charge is 0.293 e. The second-order valence-electron chi connectivity index (χ2n) is 8.87. The highest BCUT2D eigenvalue weighted by atomic mass is 19.1. The number of fused-ring (bicyclic) bond motifs is 4. The van der Waals surface area contributed by atoms with Gasteiger partial charge in [0.2, 0.25) is 0 Å². The second kappa shape index (κ2) is 8.74. The van der Waals surface area contributed by atoms with Crippen molar-refractivity contribution in [1.29, 1.82) is 0 Å². The highest BCUT2D eigenvalue weighted by molar-refractivity contribution is 5.95. The van der Waals surface area contributed by atoms with Gasteiger partial charge in [-0.05, 0) is 48.2 Å². The number of nitrogens with zero attached hydrogens (tertiary/aromatic N) is 3. The third kappa shape index (κ3) is 4.16. The Labute approximate surface area is 194 Å². The Morgan fingerprint density at radius 1 is 1.09 bits per heavy atom. The molecule has 1 aromatic heterocycles. The van der Waals surface area contributed by atoms with Gasteiger partial charge >= 0.3 is 0 Å². The van der Waals surface area contributed by atoms with E-state index in [1.807, 2.05) is 15.5 Å². The number of carbonyl (C=O) groups excluding carboxylic acids is 1. The summed E-state index contributed by atoms with van der Waals surface area (Å²) in [7, 11) is 0. The van der Waals surface area contributed by atoms with Crippen LogP contribution in [0, 0.1) is 21.8 Å². The number of nitrogens with one attached hydrogen (secondary N) is 1. The number of nitro groups is 1. The third-order valence-electron chi connectivity index (χ3n) is 6.62. The molecule has 2 aliphatic rings. The van der Waals surface area contributed by atoms with E-state index < -0.39 is 10.8 Å². The summed E-state index contributed by atoms with van der Waals surface area (Å²) in [6.45, 7) is 1.95. The van der Waals surface area contributed by atoms with E-state index in [1.165, 1.54) is 18.2 Å². The predicted octanol–water partition coefficient (Wildman–Crippen LogP) is 3.45. The minimum absolute atomic E-state index is 0.0115. The molecule has 0 radical (unpaired) electrons.